The van der Waals surface area contributed by atoms with Crippen LogP contribution in [0.15, 0.2) is 40.0 Å². The van der Waals surface area contributed by atoms with Crippen LogP contribution < -0.4 is 10.1 Å². The number of nitrogens with one attached hydrogen (secondary N) is 1. The first-order chi connectivity index (χ1) is 13.7. The minimum atomic E-state index is 0.576. The van der Waals surface area contributed by atoms with Crippen molar-refractivity contribution in [1.82, 2.24) is 20.3 Å². The first kappa shape index (κ1) is 20.2. The molecule has 152 valence electrons. The Labute approximate surface area is 167 Å². The molecule has 0 saturated carbocycles. The maximum absolute atomic E-state index is 5.98. The third-order valence-electron chi connectivity index (χ3n) is 4.89. The van der Waals surface area contributed by atoms with Gasteiger partial charge in [-0.3, -0.25) is 4.90 Å². The van der Waals surface area contributed by atoms with E-state index in [4.69, 9.17) is 14.3 Å². The molecule has 0 atom stereocenters. The molecular weight excluding hydrogens is 354 g/mol. The lowest BCUT2D eigenvalue weighted by atomic mass is 10.1. The van der Waals surface area contributed by atoms with E-state index >= 15 is 0 Å². The maximum Gasteiger partial charge on any atom is 0.194 e. The summed E-state index contributed by atoms with van der Waals surface area (Å²) in [5, 5.41) is 7.41. The summed E-state index contributed by atoms with van der Waals surface area (Å²) in [5.41, 5.74) is 3.32. The number of benzene rings is 1. The number of aromatic nitrogens is 1. The third kappa shape index (κ3) is 5.48. The van der Waals surface area contributed by atoms with Gasteiger partial charge in [0.25, 0.3) is 0 Å². The number of rotatable bonds is 7. The molecule has 0 radical (unpaired) electrons. The lowest BCUT2D eigenvalue weighted by molar-refractivity contribution is 0.169. The molecule has 1 aliphatic rings. The predicted octanol–water partition coefficient (Wildman–Crippen LogP) is 2.45. The highest BCUT2D eigenvalue weighted by Gasteiger charge is 2.20. The van der Waals surface area contributed by atoms with E-state index in [2.05, 4.69) is 59.2 Å². The number of guanidine groups is 1. The molecule has 0 amide bonds. The van der Waals surface area contributed by atoms with E-state index in [1.165, 1.54) is 11.1 Å². The molecule has 1 aromatic heterocycles. The molecule has 0 unspecified atom stereocenters. The van der Waals surface area contributed by atoms with Crippen LogP contribution in [-0.4, -0.2) is 66.8 Å². The topological polar surface area (TPSA) is 66.1 Å². The first-order valence-electron chi connectivity index (χ1n) is 10.0. The standard InChI is InChI=1S/C21H31N5O2/c1-4-22-21(23-9-15-27-20-17(2)6-5-7-18(20)3)26-12-10-25(11-13-26)16-19-8-14-28-24-19/h5-8,14H,4,9-13,15-16H2,1-3H3,(H,22,23). The van der Waals surface area contributed by atoms with Gasteiger partial charge in [-0.05, 0) is 31.9 Å². The number of hydrogen-bond donors (Lipinski definition) is 1. The van der Waals surface area contributed by atoms with Gasteiger partial charge in [0.1, 0.15) is 18.6 Å². The summed E-state index contributed by atoms with van der Waals surface area (Å²) in [4.78, 5) is 9.49. The van der Waals surface area contributed by atoms with Crippen LogP contribution in [0.25, 0.3) is 0 Å². The molecule has 1 aliphatic heterocycles. The number of ether oxygens (including phenoxy) is 1. The average molecular weight is 386 g/mol. The Hall–Kier alpha value is -2.54. The SMILES string of the molecule is CCNC(=NCCOc1c(C)cccc1C)N1CCN(Cc2ccon2)CC1. The minimum absolute atomic E-state index is 0.576. The second kappa shape index (κ2) is 10.1. The van der Waals surface area contributed by atoms with Crippen molar-refractivity contribution in [3.8, 4) is 5.75 Å². The summed E-state index contributed by atoms with van der Waals surface area (Å²) in [6.07, 6.45) is 1.63. The van der Waals surface area contributed by atoms with Gasteiger partial charge in [-0.25, -0.2) is 4.99 Å². The van der Waals surface area contributed by atoms with Crippen molar-refractivity contribution in [2.45, 2.75) is 27.3 Å². The molecular formula is C21H31N5O2. The first-order valence-corrected chi connectivity index (χ1v) is 10.0. The smallest absolute Gasteiger partial charge is 0.194 e. The molecule has 7 heteroatoms. The fourth-order valence-corrected chi connectivity index (χ4v) is 3.42. The van der Waals surface area contributed by atoms with E-state index < -0.39 is 0 Å². The van der Waals surface area contributed by atoms with Crippen LogP contribution in [-0.2, 0) is 6.54 Å². The van der Waals surface area contributed by atoms with Gasteiger partial charge in [-0.1, -0.05) is 23.4 Å². The minimum Gasteiger partial charge on any atom is -0.491 e. The summed E-state index contributed by atoms with van der Waals surface area (Å²) >= 11 is 0. The van der Waals surface area contributed by atoms with Gasteiger partial charge >= 0.3 is 0 Å². The van der Waals surface area contributed by atoms with E-state index in [0.717, 1.165) is 56.7 Å². The number of hydrogen-bond acceptors (Lipinski definition) is 5. The van der Waals surface area contributed by atoms with Crippen LogP contribution in [0.5, 0.6) is 5.75 Å². The Morgan fingerprint density at radius 2 is 1.93 bits per heavy atom. The molecule has 2 aromatic rings. The number of piperazine rings is 1. The monoisotopic (exact) mass is 385 g/mol. The maximum atomic E-state index is 5.98. The third-order valence-corrected chi connectivity index (χ3v) is 4.89. The number of aryl methyl sites for hydroxylation is 2. The van der Waals surface area contributed by atoms with Gasteiger partial charge in [-0.15, -0.1) is 0 Å². The molecule has 28 heavy (non-hydrogen) atoms. The van der Waals surface area contributed by atoms with E-state index in [-0.39, 0.29) is 0 Å². The highest BCUT2D eigenvalue weighted by molar-refractivity contribution is 5.80. The molecule has 0 spiro atoms. The van der Waals surface area contributed by atoms with E-state index in [9.17, 15) is 0 Å². The molecule has 1 aromatic carbocycles. The molecule has 1 fully saturated rings. The van der Waals surface area contributed by atoms with Crippen molar-refractivity contribution < 1.29 is 9.26 Å². The van der Waals surface area contributed by atoms with Crippen molar-refractivity contribution in [1.29, 1.82) is 0 Å². The van der Waals surface area contributed by atoms with Crippen LogP contribution in [0.2, 0.25) is 0 Å². The molecule has 0 aliphatic carbocycles. The van der Waals surface area contributed by atoms with Gasteiger partial charge in [0.05, 0.1) is 12.2 Å². The van der Waals surface area contributed by atoms with Crippen LogP contribution in [0.4, 0.5) is 0 Å². The summed E-state index contributed by atoms with van der Waals surface area (Å²) < 4.78 is 10.9. The van der Waals surface area contributed by atoms with E-state index in [0.29, 0.717) is 13.2 Å². The van der Waals surface area contributed by atoms with Crippen LogP contribution >= 0.6 is 0 Å². The van der Waals surface area contributed by atoms with Crippen LogP contribution in [0, 0.1) is 13.8 Å². The molecule has 2 heterocycles. The zero-order valence-corrected chi connectivity index (χ0v) is 17.1. The normalized spacial score (nSPS) is 15.7. The van der Waals surface area contributed by atoms with Crippen molar-refractivity contribution >= 4 is 5.96 Å². The molecule has 0 bridgehead atoms. The second-order valence-corrected chi connectivity index (χ2v) is 7.06. The number of para-hydroxylation sites is 1. The fourth-order valence-electron chi connectivity index (χ4n) is 3.42. The van der Waals surface area contributed by atoms with Gasteiger partial charge in [-0.2, -0.15) is 0 Å². The Balaban J connectivity index is 1.49. The Kier molecular flexibility index (Phi) is 7.31. The van der Waals surface area contributed by atoms with Gasteiger partial charge in [0.2, 0.25) is 0 Å². The zero-order valence-electron chi connectivity index (χ0n) is 17.1. The van der Waals surface area contributed by atoms with Crippen LogP contribution in [0.3, 0.4) is 0 Å². The zero-order chi connectivity index (χ0) is 19.8. The highest BCUT2D eigenvalue weighted by Crippen LogP contribution is 2.22. The quantitative estimate of drug-likeness (QED) is 0.449. The molecule has 1 saturated heterocycles. The lowest BCUT2D eigenvalue weighted by Crippen LogP contribution is -2.52. The Morgan fingerprint density at radius 3 is 2.57 bits per heavy atom. The predicted molar refractivity (Wildman–Crippen MR) is 111 cm³/mol. The van der Waals surface area contributed by atoms with Gasteiger partial charge in [0, 0.05) is 45.3 Å². The number of aliphatic imine (C=N–C) groups is 1. The van der Waals surface area contributed by atoms with E-state index in [1.807, 2.05) is 6.07 Å². The molecule has 7 nitrogen and oxygen atoms in total. The number of nitrogens with zero attached hydrogens (tertiary/aromatic N) is 4. The van der Waals surface area contributed by atoms with Crippen molar-refractivity contribution in [2.75, 3.05) is 45.9 Å². The fraction of sp³-hybridized carbons (Fsp3) is 0.524. The van der Waals surface area contributed by atoms with Crippen molar-refractivity contribution in [3.63, 3.8) is 0 Å². The highest BCUT2D eigenvalue weighted by atomic mass is 16.5. The average Bonchev–Trinajstić information content (AvgIpc) is 3.20. The van der Waals surface area contributed by atoms with Crippen molar-refractivity contribution in [2.24, 2.45) is 4.99 Å². The van der Waals surface area contributed by atoms with Crippen molar-refractivity contribution in [3.05, 3.63) is 47.3 Å². The second-order valence-electron chi connectivity index (χ2n) is 7.06. The Bertz CT molecular complexity index is 732. The Morgan fingerprint density at radius 1 is 1.18 bits per heavy atom. The molecule has 1 N–H and O–H groups in total. The molecule has 3 rings (SSSR count). The summed E-state index contributed by atoms with van der Waals surface area (Å²) in [6.45, 7) is 13.0. The summed E-state index contributed by atoms with van der Waals surface area (Å²) in [7, 11) is 0. The largest absolute Gasteiger partial charge is 0.491 e. The van der Waals surface area contributed by atoms with Gasteiger partial charge in [0.15, 0.2) is 5.96 Å². The lowest BCUT2D eigenvalue weighted by Gasteiger charge is -2.36. The summed E-state index contributed by atoms with van der Waals surface area (Å²) in [6, 6.07) is 8.14. The van der Waals surface area contributed by atoms with E-state index in [1.54, 1.807) is 6.26 Å². The van der Waals surface area contributed by atoms with Crippen LogP contribution in [0.1, 0.15) is 23.7 Å². The van der Waals surface area contributed by atoms with Gasteiger partial charge < -0.3 is 19.5 Å². The summed E-state index contributed by atoms with van der Waals surface area (Å²) in [5.74, 6) is 1.94.